The topological polar surface area (TPSA) is 37.4 Å². The molecule has 1 saturated heterocycles. The molecule has 0 aromatic rings. The summed E-state index contributed by atoms with van der Waals surface area (Å²) in [5, 5.41) is 0. The first kappa shape index (κ1) is 9.69. The molecule has 1 aliphatic heterocycles. The molecule has 0 N–H and O–H groups in total. The van der Waals surface area contributed by atoms with E-state index in [1.54, 1.807) is 0 Å². The second kappa shape index (κ2) is 3.37. The van der Waals surface area contributed by atoms with E-state index >= 15 is 0 Å². The van der Waals surface area contributed by atoms with Gasteiger partial charge in [-0.1, -0.05) is 6.92 Å². The van der Waals surface area contributed by atoms with Crippen LogP contribution in [0.1, 0.15) is 45.4 Å². The summed E-state index contributed by atoms with van der Waals surface area (Å²) in [6, 6.07) is 0. The third-order valence-corrected chi connectivity index (χ3v) is 3.51. The van der Waals surface area contributed by atoms with Crippen molar-refractivity contribution in [1.29, 1.82) is 0 Å². The molecule has 1 amide bonds. The summed E-state index contributed by atoms with van der Waals surface area (Å²) in [4.78, 5) is 24.7. The number of ketones is 1. The molecule has 0 unspecified atom stereocenters. The number of amides is 1. The highest BCUT2D eigenvalue weighted by Gasteiger charge is 2.53. The van der Waals surface area contributed by atoms with Crippen molar-refractivity contribution in [1.82, 2.24) is 4.90 Å². The number of hydrogen-bond acceptors (Lipinski definition) is 2. The molecule has 1 aliphatic carbocycles. The third-order valence-electron chi connectivity index (χ3n) is 3.51. The van der Waals surface area contributed by atoms with E-state index in [1.807, 2.05) is 11.8 Å². The van der Waals surface area contributed by atoms with Gasteiger partial charge in [0.1, 0.15) is 5.78 Å². The number of hydrogen-bond donors (Lipinski definition) is 0. The van der Waals surface area contributed by atoms with Gasteiger partial charge in [-0.3, -0.25) is 9.59 Å². The number of carbonyl (C=O) groups excluding carboxylic acids is 2. The molecule has 0 aromatic carbocycles. The van der Waals surface area contributed by atoms with E-state index in [4.69, 9.17) is 0 Å². The van der Waals surface area contributed by atoms with Crippen LogP contribution in [-0.2, 0) is 9.59 Å². The summed E-state index contributed by atoms with van der Waals surface area (Å²) < 4.78 is 0. The maximum absolute atomic E-state index is 11.5. The molecule has 14 heavy (non-hydrogen) atoms. The van der Waals surface area contributed by atoms with Gasteiger partial charge in [-0.2, -0.15) is 0 Å². The normalized spacial score (nSPS) is 23.2. The van der Waals surface area contributed by atoms with Crippen LogP contribution < -0.4 is 0 Å². The minimum atomic E-state index is 0.200. The van der Waals surface area contributed by atoms with Crippen LogP contribution in [0.5, 0.6) is 0 Å². The second-order valence-electron chi connectivity index (χ2n) is 4.41. The predicted molar refractivity (Wildman–Crippen MR) is 52.8 cm³/mol. The van der Waals surface area contributed by atoms with Gasteiger partial charge in [-0.05, 0) is 19.3 Å². The van der Waals surface area contributed by atoms with Gasteiger partial charge in [0.15, 0.2) is 0 Å². The lowest BCUT2D eigenvalue weighted by molar-refractivity contribution is -0.130. The Kier molecular flexibility index (Phi) is 2.33. The molecule has 2 fully saturated rings. The summed E-state index contributed by atoms with van der Waals surface area (Å²) >= 11 is 0. The summed E-state index contributed by atoms with van der Waals surface area (Å²) in [5.41, 5.74) is 0.200. The maximum Gasteiger partial charge on any atom is 0.223 e. The first-order valence-electron chi connectivity index (χ1n) is 5.50. The van der Waals surface area contributed by atoms with E-state index in [1.165, 1.54) is 0 Å². The van der Waals surface area contributed by atoms with Crippen LogP contribution in [0.15, 0.2) is 0 Å². The van der Waals surface area contributed by atoms with Gasteiger partial charge in [0.05, 0.1) is 0 Å². The smallest absolute Gasteiger partial charge is 0.223 e. The van der Waals surface area contributed by atoms with E-state index in [2.05, 4.69) is 0 Å². The van der Waals surface area contributed by atoms with E-state index < -0.39 is 0 Å². The molecule has 0 radical (unpaired) electrons. The lowest BCUT2D eigenvalue weighted by Gasteiger charge is -2.23. The van der Waals surface area contributed by atoms with E-state index in [0.29, 0.717) is 25.8 Å². The molecule has 78 valence electrons. The Morgan fingerprint density at radius 2 is 2.14 bits per heavy atom. The molecular formula is C11H17NO2. The largest absolute Gasteiger partial charge is 0.337 e. The van der Waals surface area contributed by atoms with Gasteiger partial charge < -0.3 is 4.90 Å². The lowest BCUT2D eigenvalue weighted by Crippen LogP contribution is -2.36. The number of rotatable bonds is 4. The molecular weight excluding hydrogens is 178 g/mol. The highest BCUT2D eigenvalue weighted by atomic mass is 16.2. The van der Waals surface area contributed by atoms with Crippen LogP contribution in [0.25, 0.3) is 0 Å². The minimum Gasteiger partial charge on any atom is -0.337 e. The van der Waals surface area contributed by atoms with Gasteiger partial charge in [0.25, 0.3) is 0 Å². The molecule has 2 aliphatic rings. The zero-order valence-electron chi connectivity index (χ0n) is 8.71. The van der Waals surface area contributed by atoms with E-state index in [9.17, 15) is 9.59 Å². The monoisotopic (exact) mass is 195 g/mol. The first-order valence-corrected chi connectivity index (χ1v) is 5.50. The molecule has 0 aromatic heterocycles. The second-order valence-corrected chi connectivity index (χ2v) is 4.41. The molecule has 0 atom stereocenters. The van der Waals surface area contributed by atoms with Gasteiger partial charge in [-0.25, -0.2) is 0 Å². The minimum absolute atomic E-state index is 0.200. The standard InChI is InChI=1S/C11H17NO2/c1-2-9(13)4-8-12-10(14)3-5-11(12)6-7-11/h2-8H2,1H3. The fourth-order valence-electron chi connectivity index (χ4n) is 2.31. The van der Waals surface area contributed by atoms with Crippen molar-refractivity contribution >= 4 is 11.7 Å². The van der Waals surface area contributed by atoms with Crippen molar-refractivity contribution in [3.63, 3.8) is 0 Å². The van der Waals surface area contributed by atoms with Crippen molar-refractivity contribution in [2.24, 2.45) is 0 Å². The summed E-state index contributed by atoms with van der Waals surface area (Å²) in [7, 11) is 0. The zero-order valence-corrected chi connectivity index (χ0v) is 8.71. The van der Waals surface area contributed by atoms with Crippen LogP contribution in [-0.4, -0.2) is 28.7 Å². The lowest BCUT2D eigenvalue weighted by atomic mass is 10.2. The Hall–Kier alpha value is -0.860. The number of nitrogens with zero attached hydrogens (tertiary/aromatic N) is 1. The van der Waals surface area contributed by atoms with Crippen LogP contribution in [0.2, 0.25) is 0 Å². The van der Waals surface area contributed by atoms with Crippen LogP contribution in [0, 0.1) is 0 Å². The molecule has 2 rings (SSSR count). The van der Waals surface area contributed by atoms with Crippen molar-refractivity contribution in [3.8, 4) is 0 Å². The van der Waals surface area contributed by atoms with Crippen molar-refractivity contribution in [3.05, 3.63) is 0 Å². The Bertz CT molecular complexity index is 268. The molecule has 1 saturated carbocycles. The molecule has 1 spiro atoms. The predicted octanol–water partition coefficient (Wildman–Crippen LogP) is 1.51. The van der Waals surface area contributed by atoms with Gasteiger partial charge in [0.2, 0.25) is 5.91 Å². The van der Waals surface area contributed by atoms with Crippen LogP contribution in [0.3, 0.4) is 0 Å². The third kappa shape index (κ3) is 1.56. The van der Waals surface area contributed by atoms with Gasteiger partial charge in [-0.15, -0.1) is 0 Å². The Balaban J connectivity index is 1.90. The molecule has 3 heteroatoms. The van der Waals surface area contributed by atoms with Crippen LogP contribution in [0.4, 0.5) is 0 Å². The quantitative estimate of drug-likeness (QED) is 0.682. The maximum atomic E-state index is 11.5. The number of carbonyl (C=O) groups is 2. The van der Waals surface area contributed by atoms with Gasteiger partial charge >= 0.3 is 0 Å². The van der Waals surface area contributed by atoms with E-state index in [0.717, 1.165) is 19.3 Å². The number of Topliss-reactive ketones (excluding diaryl/α,β-unsaturated/α-hetero) is 1. The highest BCUT2D eigenvalue weighted by molar-refractivity contribution is 5.82. The Labute approximate surface area is 84.5 Å². The van der Waals surface area contributed by atoms with Crippen molar-refractivity contribution in [2.75, 3.05) is 6.54 Å². The van der Waals surface area contributed by atoms with Gasteiger partial charge in [0, 0.05) is 31.3 Å². The molecule has 1 heterocycles. The Morgan fingerprint density at radius 1 is 1.43 bits per heavy atom. The average Bonchev–Trinajstić information content (AvgIpc) is 2.88. The number of likely N-dealkylation sites (tertiary alicyclic amines) is 1. The molecule has 3 nitrogen and oxygen atoms in total. The molecule has 0 bridgehead atoms. The van der Waals surface area contributed by atoms with E-state index in [-0.39, 0.29) is 17.2 Å². The fraction of sp³-hybridized carbons (Fsp3) is 0.818. The average molecular weight is 195 g/mol. The fourth-order valence-corrected chi connectivity index (χ4v) is 2.31. The highest BCUT2D eigenvalue weighted by Crippen LogP contribution is 2.49. The zero-order chi connectivity index (χ0) is 10.2. The van der Waals surface area contributed by atoms with Crippen molar-refractivity contribution in [2.45, 2.75) is 51.0 Å². The summed E-state index contributed by atoms with van der Waals surface area (Å²) in [5.74, 6) is 0.520. The first-order chi connectivity index (χ1) is 6.68. The van der Waals surface area contributed by atoms with Crippen molar-refractivity contribution < 1.29 is 9.59 Å². The summed E-state index contributed by atoms with van der Waals surface area (Å²) in [6.45, 7) is 2.53. The SMILES string of the molecule is CCC(=O)CCN1C(=O)CCC12CC2. The van der Waals surface area contributed by atoms with Crippen LogP contribution >= 0.6 is 0 Å². The Morgan fingerprint density at radius 3 is 2.71 bits per heavy atom. The summed E-state index contributed by atoms with van der Waals surface area (Å²) in [6.07, 6.45) is 5.16.